The van der Waals surface area contributed by atoms with Crippen LogP contribution in [0.5, 0.6) is 0 Å². The van der Waals surface area contributed by atoms with Gasteiger partial charge in [0.15, 0.2) is 0 Å². The Labute approximate surface area is 216 Å². The van der Waals surface area contributed by atoms with E-state index in [-0.39, 0.29) is 44.3 Å². The van der Waals surface area contributed by atoms with Crippen LogP contribution < -0.4 is 34.9 Å². The number of amides is 1. The minimum absolute atomic E-state index is 0.00611. The van der Waals surface area contributed by atoms with E-state index >= 15 is 0 Å². The third-order valence-electron chi connectivity index (χ3n) is 6.29. The first-order valence-corrected chi connectivity index (χ1v) is 15.0. The van der Waals surface area contributed by atoms with Crippen molar-refractivity contribution in [2.45, 2.75) is 56.4 Å². The zero-order chi connectivity index (χ0) is 24.0. The molecule has 0 aromatic heterocycles. The number of rotatable bonds is 7. The molecule has 1 saturated heterocycles. The summed E-state index contributed by atoms with van der Waals surface area (Å²) in [5.74, 6) is 0.802. The van der Waals surface area contributed by atoms with Crippen molar-refractivity contribution in [3.63, 3.8) is 0 Å². The van der Waals surface area contributed by atoms with E-state index in [1.165, 1.54) is 0 Å². The average molecular weight is 590 g/mol. The molecule has 2 aromatic rings. The second-order valence-electron chi connectivity index (χ2n) is 9.17. The predicted molar refractivity (Wildman–Crippen MR) is 136 cm³/mol. The summed E-state index contributed by atoms with van der Waals surface area (Å²) in [4.78, 5) is 15.6. The molecule has 3 unspecified atom stereocenters. The maximum atomic E-state index is 13.8. The first kappa shape index (κ1) is 23.7. The number of ether oxygens (including phenoxy) is 1. The van der Waals surface area contributed by atoms with E-state index in [0.717, 1.165) is 44.9 Å². The standard InChI is InChI=1S/C26H30IN4O2S/c1-6-14-27-31(19-10-8-7-9-11-19)17(3)30-21-13-12-18(15-20(21)26(4,5)25(30)32)22-16(2)34-24-23(33-24)29-28-22/h7-13,15-16,23-24,29H,3,6,14H2,1-2,4-5H3/q-1. The van der Waals surface area contributed by atoms with E-state index in [4.69, 9.17) is 4.74 Å². The van der Waals surface area contributed by atoms with Crippen LogP contribution in [0.25, 0.3) is 0 Å². The summed E-state index contributed by atoms with van der Waals surface area (Å²) in [7, 11) is 0. The van der Waals surface area contributed by atoms with Crippen molar-refractivity contribution in [3.8, 4) is 0 Å². The number of nitrogens with one attached hydrogen (secondary N) is 1. The maximum absolute atomic E-state index is 13.8. The first-order chi connectivity index (χ1) is 16.3. The van der Waals surface area contributed by atoms with E-state index < -0.39 is 5.41 Å². The molecule has 34 heavy (non-hydrogen) atoms. The molecule has 5 rings (SSSR count). The van der Waals surface area contributed by atoms with Crippen molar-refractivity contribution in [1.29, 1.82) is 0 Å². The third kappa shape index (κ3) is 4.13. The molecule has 8 heteroatoms. The average Bonchev–Trinajstić information content (AvgIpc) is 3.55. The molecule has 1 fully saturated rings. The Kier molecular flexibility index (Phi) is 6.41. The van der Waals surface area contributed by atoms with Crippen molar-refractivity contribution >= 4 is 34.8 Å². The van der Waals surface area contributed by atoms with Crippen molar-refractivity contribution in [3.05, 3.63) is 72.1 Å². The quantitative estimate of drug-likeness (QED) is 0.231. The normalized spacial score (nSPS) is 24.6. The van der Waals surface area contributed by atoms with Gasteiger partial charge in [0.2, 0.25) is 0 Å². The number of hydrazone groups is 1. The van der Waals surface area contributed by atoms with Crippen molar-refractivity contribution in [1.82, 2.24) is 5.43 Å². The number of hydrogen-bond donors (Lipinski definition) is 1. The fraction of sp³-hybridized carbons (Fsp3) is 0.385. The van der Waals surface area contributed by atoms with Gasteiger partial charge in [0.25, 0.3) is 0 Å². The van der Waals surface area contributed by atoms with Gasteiger partial charge in [0.1, 0.15) is 0 Å². The Bertz CT molecular complexity index is 1150. The molecule has 0 aliphatic carbocycles. The molecule has 3 aliphatic rings. The molecule has 1 N–H and O–H groups in total. The second kappa shape index (κ2) is 9.20. The molecule has 0 spiro atoms. The van der Waals surface area contributed by atoms with Gasteiger partial charge < -0.3 is 0 Å². The summed E-state index contributed by atoms with van der Waals surface area (Å²) in [5, 5.41) is 4.84. The minimum atomic E-state index is -0.653. The molecule has 3 heterocycles. The van der Waals surface area contributed by atoms with Crippen LogP contribution in [-0.4, -0.2) is 33.0 Å². The summed E-state index contributed by atoms with van der Waals surface area (Å²) >= 11 is 1.43. The van der Waals surface area contributed by atoms with Gasteiger partial charge in [-0.1, -0.05) is 0 Å². The molecule has 6 nitrogen and oxygen atoms in total. The fourth-order valence-corrected chi connectivity index (χ4v) is 7.73. The summed E-state index contributed by atoms with van der Waals surface area (Å²) in [5.41, 5.74) is 7.69. The number of epoxide rings is 1. The van der Waals surface area contributed by atoms with E-state index in [2.05, 4.69) is 64.4 Å². The summed E-state index contributed by atoms with van der Waals surface area (Å²) < 4.78 is 8.93. The number of para-hydroxylation sites is 1. The Morgan fingerprint density at radius 3 is 2.79 bits per heavy atom. The molecular weight excluding hydrogens is 559 g/mol. The van der Waals surface area contributed by atoms with Crippen LogP contribution >= 0.6 is 11.8 Å². The number of alkyl halides is 1. The number of halogens is 1. The fourth-order valence-electron chi connectivity index (χ4n) is 4.34. The van der Waals surface area contributed by atoms with Gasteiger partial charge in [-0.2, -0.15) is 0 Å². The Hall–Kier alpha value is -2.04. The van der Waals surface area contributed by atoms with Crippen LogP contribution in [0, 0.1) is 0 Å². The number of fused-ring (bicyclic) bond motifs is 2. The van der Waals surface area contributed by atoms with Crippen LogP contribution in [0.4, 0.5) is 11.4 Å². The van der Waals surface area contributed by atoms with Gasteiger partial charge in [-0.15, -0.1) is 0 Å². The predicted octanol–water partition coefficient (Wildman–Crippen LogP) is 1.81. The van der Waals surface area contributed by atoms with E-state index in [0.29, 0.717) is 0 Å². The SMILES string of the molecule is C=C(N([I-]CCC)c1ccccc1)N1C(=O)C(C)(C)c2cc(C3=NNC4OC4SC3C)ccc21. The molecule has 180 valence electrons. The number of hydrogen-bond acceptors (Lipinski definition) is 6. The van der Waals surface area contributed by atoms with Gasteiger partial charge in [0.05, 0.1) is 0 Å². The van der Waals surface area contributed by atoms with Crippen LogP contribution in [0.2, 0.25) is 0 Å². The molecule has 3 atom stereocenters. The molecule has 0 radical (unpaired) electrons. The summed E-state index contributed by atoms with van der Waals surface area (Å²) in [6.07, 6.45) is 1.12. The van der Waals surface area contributed by atoms with Crippen LogP contribution in [-0.2, 0) is 14.9 Å². The summed E-state index contributed by atoms with van der Waals surface area (Å²) in [6, 6.07) is 16.6. The molecule has 1 amide bonds. The number of carbonyl (C=O) groups excluding carboxylic acids is 1. The van der Waals surface area contributed by atoms with Crippen molar-refractivity contribution in [2.24, 2.45) is 5.10 Å². The topological polar surface area (TPSA) is 60.5 Å². The molecule has 0 saturated carbocycles. The number of carbonyl (C=O) groups is 1. The van der Waals surface area contributed by atoms with E-state index in [1.807, 2.05) is 36.9 Å². The Morgan fingerprint density at radius 2 is 2.06 bits per heavy atom. The van der Waals surface area contributed by atoms with Gasteiger partial charge in [-0.3, -0.25) is 0 Å². The number of benzene rings is 2. The van der Waals surface area contributed by atoms with Crippen molar-refractivity contribution in [2.75, 3.05) is 12.4 Å². The van der Waals surface area contributed by atoms with Crippen LogP contribution in [0.1, 0.15) is 45.2 Å². The van der Waals surface area contributed by atoms with E-state index in [1.54, 1.807) is 11.8 Å². The zero-order valence-electron chi connectivity index (χ0n) is 19.9. The molecule has 2 aromatic carbocycles. The Balaban J connectivity index is 1.51. The third-order valence-corrected chi connectivity index (χ3v) is 10.9. The van der Waals surface area contributed by atoms with Crippen LogP contribution in [0.3, 0.4) is 0 Å². The number of anilines is 2. The van der Waals surface area contributed by atoms with Crippen LogP contribution in [0.15, 0.2) is 66.0 Å². The second-order valence-corrected chi connectivity index (χ2v) is 13.3. The monoisotopic (exact) mass is 589 g/mol. The Morgan fingerprint density at radius 1 is 1.29 bits per heavy atom. The van der Waals surface area contributed by atoms with Gasteiger partial charge in [0, 0.05) is 0 Å². The zero-order valence-corrected chi connectivity index (χ0v) is 22.9. The van der Waals surface area contributed by atoms with E-state index in [9.17, 15) is 4.79 Å². The summed E-state index contributed by atoms with van der Waals surface area (Å²) in [6.45, 7) is 12.8. The first-order valence-electron chi connectivity index (χ1n) is 11.6. The molecule has 3 aliphatic heterocycles. The number of thioether (sulfide) groups is 1. The van der Waals surface area contributed by atoms with Crippen molar-refractivity contribution < 1.29 is 31.0 Å². The van der Waals surface area contributed by atoms with Gasteiger partial charge in [-0.25, -0.2) is 0 Å². The number of nitrogens with zero attached hydrogens (tertiary/aromatic N) is 3. The molecule has 0 bridgehead atoms. The molecular formula is C26H30IN4O2S-. The van der Waals surface area contributed by atoms with Gasteiger partial charge in [-0.05, 0) is 0 Å². The van der Waals surface area contributed by atoms with Gasteiger partial charge >= 0.3 is 217 Å².